The first-order valence-electron chi connectivity index (χ1n) is 8.94. The Labute approximate surface area is 181 Å². The number of nitrogens with zero attached hydrogens (tertiary/aromatic N) is 1. The van der Waals surface area contributed by atoms with Crippen molar-refractivity contribution >= 4 is 17.1 Å². The Morgan fingerprint density at radius 1 is 0.967 bits per heavy atom. The van der Waals surface area contributed by atoms with Gasteiger partial charge in [0.15, 0.2) is 23.0 Å². The Kier molecular flexibility index (Phi) is 8.17. The van der Waals surface area contributed by atoms with Crippen LogP contribution in [0.5, 0.6) is 17.2 Å². The first-order chi connectivity index (χ1) is 14.4. The number of hydrogen-bond donors (Lipinski definition) is 0. The van der Waals surface area contributed by atoms with E-state index < -0.39 is 0 Å². The van der Waals surface area contributed by atoms with Crippen LogP contribution in [0, 0.1) is 0 Å². The molecule has 2 rings (SSSR count). The molecule has 0 saturated heterocycles. The fourth-order valence-corrected chi connectivity index (χ4v) is 3.58. The maximum absolute atomic E-state index is 5.60. The molecule has 2 aromatic rings. The minimum absolute atomic E-state index is 0.478. The van der Waals surface area contributed by atoms with E-state index in [1.165, 1.54) is 11.5 Å². The number of methoxy groups -OCH3 is 6. The molecule has 0 aliphatic heterocycles. The van der Waals surface area contributed by atoms with Crippen LogP contribution in [0.1, 0.15) is 12.5 Å². The van der Waals surface area contributed by atoms with Crippen molar-refractivity contribution in [2.24, 2.45) is 0 Å². The summed E-state index contributed by atoms with van der Waals surface area (Å²) in [6, 6.07) is 3.61. The molecule has 30 heavy (non-hydrogen) atoms. The maximum atomic E-state index is 5.60. The monoisotopic (exact) mass is 433 g/mol. The molecule has 0 bridgehead atoms. The van der Waals surface area contributed by atoms with Gasteiger partial charge in [0.05, 0.1) is 53.9 Å². The highest BCUT2D eigenvalue weighted by molar-refractivity contribution is 7.04. The van der Waals surface area contributed by atoms with Crippen molar-refractivity contribution in [2.75, 3.05) is 42.7 Å². The molecule has 0 fully saturated rings. The first kappa shape index (κ1) is 23.2. The van der Waals surface area contributed by atoms with Gasteiger partial charge in [-0.05, 0) is 36.2 Å². The average molecular weight is 434 g/mol. The molecular weight excluding hydrogens is 406 g/mol. The number of aromatic nitrogens is 1. The third kappa shape index (κ3) is 4.71. The van der Waals surface area contributed by atoms with E-state index in [1.54, 1.807) is 61.7 Å². The number of benzene rings is 1. The lowest BCUT2D eigenvalue weighted by Crippen LogP contribution is -2.01. The van der Waals surface area contributed by atoms with Crippen LogP contribution in [0.2, 0.25) is 0 Å². The summed E-state index contributed by atoms with van der Waals surface area (Å²) in [6.07, 6.45) is 1.78. The van der Waals surface area contributed by atoms with Crippen molar-refractivity contribution in [3.8, 4) is 28.5 Å². The highest BCUT2D eigenvalue weighted by atomic mass is 32.1. The number of allylic oxidation sites excluding steroid dienone is 3. The zero-order valence-corrected chi connectivity index (χ0v) is 19.1. The minimum Gasteiger partial charge on any atom is -0.497 e. The second-order valence-electron chi connectivity index (χ2n) is 6.02. The third-order valence-corrected chi connectivity index (χ3v) is 5.07. The molecule has 0 atom stereocenters. The van der Waals surface area contributed by atoms with E-state index in [0.29, 0.717) is 45.8 Å². The van der Waals surface area contributed by atoms with Gasteiger partial charge in [-0.25, -0.2) is 0 Å². The molecule has 0 aliphatic rings. The number of ether oxygens (including phenoxy) is 6. The highest BCUT2D eigenvalue weighted by Crippen LogP contribution is 2.43. The smallest absolute Gasteiger partial charge is 0.198 e. The van der Waals surface area contributed by atoms with Crippen molar-refractivity contribution in [3.63, 3.8) is 0 Å². The van der Waals surface area contributed by atoms with Crippen molar-refractivity contribution in [1.29, 1.82) is 0 Å². The quantitative estimate of drug-likeness (QED) is 0.390. The molecule has 1 heterocycles. The Morgan fingerprint density at radius 3 is 2.23 bits per heavy atom. The van der Waals surface area contributed by atoms with Crippen LogP contribution in [0.15, 0.2) is 47.4 Å². The summed E-state index contributed by atoms with van der Waals surface area (Å²) in [7, 11) is 9.44. The summed E-state index contributed by atoms with van der Waals surface area (Å²) in [4.78, 5) is 0. The average Bonchev–Trinajstić information content (AvgIpc) is 3.27. The molecule has 0 N–H and O–H groups in total. The second-order valence-corrected chi connectivity index (χ2v) is 6.65. The molecule has 0 saturated carbocycles. The molecule has 1 aromatic carbocycles. The van der Waals surface area contributed by atoms with Crippen molar-refractivity contribution in [1.82, 2.24) is 4.37 Å². The van der Waals surface area contributed by atoms with E-state index in [0.717, 1.165) is 11.1 Å². The van der Waals surface area contributed by atoms with Crippen LogP contribution in [-0.2, 0) is 14.2 Å². The van der Waals surface area contributed by atoms with Gasteiger partial charge in [-0.15, -0.1) is 0 Å². The zero-order chi connectivity index (χ0) is 22.3. The van der Waals surface area contributed by atoms with Gasteiger partial charge < -0.3 is 28.4 Å². The fraction of sp³-hybridized carbons (Fsp3) is 0.318. The van der Waals surface area contributed by atoms with Crippen molar-refractivity contribution in [3.05, 3.63) is 53.0 Å². The van der Waals surface area contributed by atoms with Gasteiger partial charge >= 0.3 is 0 Å². The maximum Gasteiger partial charge on any atom is 0.198 e. The topological polar surface area (TPSA) is 68.3 Å². The van der Waals surface area contributed by atoms with Gasteiger partial charge in [0, 0.05) is 17.0 Å². The molecule has 0 aliphatic carbocycles. The minimum atomic E-state index is 0.478. The lowest BCUT2D eigenvalue weighted by Gasteiger charge is -2.15. The van der Waals surface area contributed by atoms with Crippen LogP contribution >= 0.6 is 11.5 Å². The first-order valence-corrected chi connectivity index (χ1v) is 9.78. The van der Waals surface area contributed by atoms with E-state index in [4.69, 9.17) is 28.4 Å². The second kappa shape index (κ2) is 10.6. The lowest BCUT2D eigenvalue weighted by atomic mass is 10.0. The van der Waals surface area contributed by atoms with Gasteiger partial charge in [-0.2, -0.15) is 4.37 Å². The molecule has 0 spiro atoms. The Balaban J connectivity index is 2.61. The lowest BCUT2D eigenvalue weighted by molar-refractivity contribution is 0.186. The summed E-state index contributed by atoms with van der Waals surface area (Å²) < 4.78 is 37.3. The van der Waals surface area contributed by atoms with Crippen LogP contribution in [-0.4, -0.2) is 47.0 Å². The fourth-order valence-electron chi connectivity index (χ4n) is 2.86. The number of rotatable bonds is 10. The zero-order valence-electron chi connectivity index (χ0n) is 18.3. The van der Waals surface area contributed by atoms with Crippen LogP contribution in [0.25, 0.3) is 16.8 Å². The van der Waals surface area contributed by atoms with Gasteiger partial charge in [-0.3, -0.25) is 0 Å². The van der Waals surface area contributed by atoms with E-state index in [2.05, 4.69) is 11.0 Å². The van der Waals surface area contributed by atoms with Gasteiger partial charge in [0.1, 0.15) is 11.5 Å². The summed E-state index contributed by atoms with van der Waals surface area (Å²) >= 11 is 1.31. The normalized spacial score (nSPS) is 12.0. The predicted octanol–water partition coefficient (Wildman–Crippen LogP) is 4.90. The van der Waals surface area contributed by atoms with Crippen molar-refractivity contribution < 1.29 is 28.4 Å². The van der Waals surface area contributed by atoms with Crippen LogP contribution in [0.3, 0.4) is 0 Å². The summed E-state index contributed by atoms with van der Waals surface area (Å²) in [5.74, 6) is 3.27. The summed E-state index contributed by atoms with van der Waals surface area (Å²) in [5.41, 5.74) is 2.91. The Hall–Kier alpha value is -3.13. The van der Waals surface area contributed by atoms with Crippen LogP contribution in [0.4, 0.5) is 0 Å². The van der Waals surface area contributed by atoms with E-state index >= 15 is 0 Å². The van der Waals surface area contributed by atoms with Crippen LogP contribution < -0.4 is 14.2 Å². The van der Waals surface area contributed by atoms with Gasteiger partial charge in [0.25, 0.3) is 0 Å². The van der Waals surface area contributed by atoms with Gasteiger partial charge in [-0.1, -0.05) is 6.58 Å². The van der Waals surface area contributed by atoms with Gasteiger partial charge in [0.2, 0.25) is 0 Å². The Morgan fingerprint density at radius 2 is 1.70 bits per heavy atom. The molecule has 0 amide bonds. The molecule has 7 nitrogen and oxygen atoms in total. The number of hydrogen-bond acceptors (Lipinski definition) is 8. The van der Waals surface area contributed by atoms with E-state index in [9.17, 15) is 0 Å². The van der Waals surface area contributed by atoms with E-state index in [-0.39, 0.29) is 0 Å². The SMILES string of the molecule is C=C(/C=C(OC)\C(OC)=C(/C)OC)c1csnc1-c1cc(OC)cc(OC)c1OC. The van der Waals surface area contributed by atoms with E-state index in [1.807, 2.05) is 11.4 Å². The molecule has 0 radical (unpaired) electrons. The molecule has 1 aromatic heterocycles. The summed E-state index contributed by atoms with van der Waals surface area (Å²) in [5, 5.41) is 1.91. The molecular formula is C22H27NO6S. The molecule has 8 heteroatoms. The largest absolute Gasteiger partial charge is 0.497 e. The Bertz CT molecular complexity index is 961. The van der Waals surface area contributed by atoms with Crippen molar-refractivity contribution in [2.45, 2.75) is 6.92 Å². The summed E-state index contributed by atoms with van der Waals surface area (Å²) in [6.45, 7) is 5.99. The third-order valence-electron chi connectivity index (χ3n) is 4.44. The standard InChI is InChI=1S/C22H27NO6S/c1-13(9-18(26-5)21(28-7)14(2)24-3)17-12-30-23-20(17)16-10-15(25-4)11-19(27-6)22(16)29-8/h9-12H,1H2,2-8H3/b18-9+,21-14-. The molecule has 162 valence electrons. The molecule has 0 unspecified atom stereocenters. The highest BCUT2D eigenvalue weighted by Gasteiger charge is 2.21. The predicted molar refractivity (Wildman–Crippen MR) is 118 cm³/mol.